The number of carbonyl (C=O) groups excluding carboxylic acids is 1. The number of nitrogens with zero attached hydrogens (tertiary/aromatic N) is 1. The van der Waals surface area contributed by atoms with E-state index in [9.17, 15) is 4.79 Å². The third kappa shape index (κ3) is 5.09. The van der Waals surface area contributed by atoms with Crippen molar-refractivity contribution in [2.75, 3.05) is 26.3 Å². The van der Waals surface area contributed by atoms with Crippen LogP contribution in [0.25, 0.3) is 0 Å². The number of nitrogens with one attached hydrogen (secondary N) is 1. The number of amides is 1. The Morgan fingerprint density at radius 1 is 1.47 bits per heavy atom. The molecule has 1 rings (SSSR count). The molecule has 0 bridgehead atoms. The summed E-state index contributed by atoms with van der Waals surface area (Å²) in [5.41, 5.74) is 0. The van der Waals surface area contributed by atoms with Crippen molar-refractivity contribution in [1.29, 1.82) is 0 Å². The summed E-state index contributed by atoms with van der Waals surface area (Å²) >= 11 is 0. The van der Waals surface area contributed by atoms with Crippen LogP contribution in [0.15, 0.2) is 0 Å². The molecule has 5 heteroatoms. The lowest BCUT2D eigenvalue weighted by Gasteiger charge is -2.40. The molecule has 1 fully saturated rings. The van der Waals surface area contributed by atoms with Gasteiger partial charge in [0.05, 0.1) is 25.4 Å². The molecule has 0 radical (unpaired) electrons. The molecule has 1 saturated heterocycles. The predicted octanol–water partition coefficient (Wildman–Crippen LogP) is 0.619. The zero-order chi connectivity index (χ0) is 14.4. The molecule has 1 heterocycles. The van der Waals surface area contributed by atoms with E-state index < -0.39 is 0 Å². The smallest absolute Gasteiger partial charge is 0.237 e. The van der Waals surface area contributed by atoms with Crippen molar-refractivity contribution >= 4 is 5.91 Å². The van der Waals surface area contributed by atoms with Crippen LogP contribution in [0.5, 0.6) is 0 Å². The third-order valence-electron chi connectivity index (χ3n) is 3.66. The Kier molecular flexibility index (Phi) is 6.75. The van der Waals surface area contributed by atoms with Crippen molar-refractivity contribution in [3.63, 3.8) is 0 Å². The highest BCUT2D eigenvalue weighted by Gasteiger charge is 2.32. The fourth-order valence-electron chi connectivity index (χ4n) is 2.27. The number of aliphatic hydroxyl groups is 1. The standard InChI is InChI=1S/C14H28N2O3/c1-10(2)5-6-15-14(18)12(4)16-7-13(8-17)19-9-11(16)3/h10-13,17H,5-9H2,1-4H3,(H,15,18). The monoisotopic (exact) mass is 272 g/mol. The molecular weight excluding hydrogens is 244 g/mol. The second-order valence-electron chi connectivity index (χ2n) is 5.83. The van der Waals surface area contributed by atoms with Crippen molar-refractivity contribution in [2.45, 2.75) is 52.3 Å². The summed E-state index contributed by atoms with van der Waals surface area (Å²) in [5.74, 6) is 0.655. The van der Waals surface area contributed by atoms with E-state index in [1.165, 1.54) is 0 Å². The lowest BCUT2D eigenvalue weighted by molar-refractivity contribution is -0.134. The Morgan fingerprint density at radius 3 is 2.74 bits per heavy atom. The molecule has 19 heavy (non-hydrogen) atoms. The van der Waals surface area contributed by atoms with Crippen LogP contribution < -0.4 is 5.32 Å². The highest BCUT2D eigenvalue weighted by Crippen LogP contribution is 2.15. The molecule has 1 aliphatic heterocycles. The summed E-state index contributed by atoms with van der Waals surface area (Å²) in [7, 11) is 0. The molecule has 0 spiro atoms. The van der Waals surface area contributed by atoms with E-state index in [-0.39, 0.29) is 30.7 Å². The van der Waals surface area contributed by atoms with Crippen LogP contribution in [0.1, 0.15) is 34.1 Å². The van der Waals surface area contributed by atoms with Crippen LogP contribution >= 0.6 is 0 Å². The van der Waals surface area contributed by atoms with E-state index in [0.29, 0.717) is 19.1 Å². The molecule has 0 aromatic carbocycles. The number of aliphatic hydroxyl groups excluding tert-OH is 1. The maximum Gasteiger partial charge on any atom is 0.237 e. The molecule has 0 aromatic heterocycles. The number of morpholine rings is 1. The average molecular weight is 272 g/mol. The Morgan fingerprint density at radius 2 is 2.16 bits per heavy atom. The zero-order valence-corrected chi connectivity index (χ0v) is 12.6. The van der Waals surface area contributed by atoms with Crippen LogP contribution in [0.2, 0.25) is 0 Å². The van der Waals surface area contributed by atoms with Gasteiger partial charge < -0.3 is 15.2 Å². The van der Waals surface area contributed by atoms with Gasteiger partial charge in [0.1, 0.15) is 0 Å². The van der Waals surface area contributed by atoms with Crippen LogP contribution in [-0.4, -0.2) is 60.4 Å². The second kappa shape index (κ2) is 7.82. The molecule has 5 nitrogen and oxygen atoms in total. The van der Waals surface area contributed by atoms with E-state index in [2.05, 4.69) is 24.1 Å². The molecule has 3 atom stereocenters. The maximum absolute atomic E-state index is 12.1. The van der Waals surface area contributed by atoms with Crippen LogP contribution in [0.4, 0.5) is 0 Å². The summed E-state index contributed by atoms with van der Waals surface area (Å²) in [6.45, 7) is 10.2. The number of rotatable bonds is 6. The first-order valence-corrected chi connectivity index (χ1v) is 7.21. The number of ether oxygens (including phenoxy) is 1. The highest BCUT2D eigenvalue weighted by molar-refractivity contribution is 5.81. The van der Waals surface area contributed by atoms with Crippen LogP contribution in [0, 0.1) is 5.92 Å². The van der Waals surface area contributed by atoms with Crippen LogP contribution in [0.3, 0.4) is 0 Å². The minimum Gasteiger partial charge on any atom is -0.394 e. The van der Waals surface area contributed by atoms with Crippen molar-refractivity contribution in [3.05, 3.63) is 0 Å². The fourth-order valence-corrected chi connectivity index (χ4v) is 2.27. The Hall–Kier alpha value is -0.650. The van der Waals surface area contributed by atoms with Gasteiger partial charge in [-0.2, -0.15) is 0 Å². The van der Waals surface area contributed by atoms with Gasteiger partial charge in [0.15, 0.2) is 0 Å². The van der Waals surface area contributed by atoms with Gasteiger partial charge in [-0.1, -0.05) is 13.8 Å². The third-order valence-corrected chi connectivity index (χ3v) is 3.66. The number of hydrogen-bond donors (Lipinski definition) is 2. The van der Waals surface area contributed by atoms with Gasteiger partial charge >= 0.3 is 0 Å². The molecule has 1 amide bonds. The van der Waals surface area contributed by atoms with Gasteiger partial charge in [0.25, 0.3) is 0 Å². The minimum atomic E-state index is -0.180. The van der Waals surface area contributed by atoms with E-state index >= 15 is 0 Å². The van der Waals surface area contributed by atoms with Crippen molar-refractivity contribution < 1.29 is 14.6 Å². The van der Waals surface area contributed by atoms with Crippen molar-refractivity contribution in [3.8, 4) is 0 Å². The van der Waals surface area contributed by atoms with E-state index in [1.807, 2.05) is 13.8 Å². The highest BCUT2D eigenvalue weighted by atomic mass is 16.5. The summed E-state index contributed by atoms with van der Waals surface area (Å²) in [4.78, 5) is 14.2. The lowest BCUT2D eigenvalue weighted by atomic mass is 10.1. The number of hydrogen-bond acceptors (Lipinski definition) is 4. The topological polar surface area (TPSA) is 61.8 Å². The SMILES string of the molecule is CC(C)CCNC(=O)C(C)N1CC(CO)OCC1C. The maximum atomic E-state index is 12.1. The van der Waals surface area contributed by atoms with Crippen LogP contribution in [-0.2, 0) is 9.53 Å². The quantitative estimate of drug-likeness (QED) is 0.744. The van der Waals surface area contributed by atoms with E-state index in [1.54, 1.807) is 0 Å². The first kappa shape index (κ1) is 16.4. The predicted molar refractivity (Wildman–Crippen MR) is 74.9 cm³/mol. The second-order valence-corrected chi connectivity index (χ2v) is 5.83. The molecule has 112 valence electrons. The molecule has 3 unspecified atom stereocenters. The van der Waals surface area contributed by atoms with E-state index in [0.717, 1.165) is 13.0 Å². The molecule has 2 N–H and O–H groups in total. The summed E-state index contributed by atoms with van der Waals surface area (Å²) in [6, 6.07) is 0.0220. The molecule has 0 aromatic rings. The minimum absolute atomic E-state index is 0.00487. The average Bonchev–Trinajstić information content (AvgIpc) is 2.38. The van der Waals surface area contributed by atoms with Gasteiger partial charge in [-0.15, -0.1) is 0 Å². The van der Waals surface area contributed by atoms with Gasteiger partial charge in [-0.25, -0.2) is 0 Å². The molecule has 1 aliphatic rings. The molecule has 0 aliphatic carbocycles. The zero-order valence-electron chi connectivity index (χ0n) is 12.6. The lowest BCUT2D eigenvalue weighted by Crippen LogP contribution is -2.57. The Bertz CT molecular complexity index is 284. The molecular formula is C14H28N2O3. The normalized spacial score (nSPS) is 26.4. The van der Waals surface area contributed by atoms with Gasteiger partial charge in [0.2, 0.25) is 5.91 Å². The van der Waals surface area contributed by atoms with Crippen molar-refractivity contribution in [1.82, 2.24) is 10.2 Å². The fraction of sp³-hybridized carbons (Fsp3) is 0.929. The summed E-state index contributed by atoms with van der Waals surface area (Å²) in [5, 5.41) is 12.1. The Labute approximate surface area is 116 Å². The van der Waals surface area contributed by atoms with Gasteiger partial charge in [-0.3, -0.25) is 9.69 Å². The van der Waals surface area contributed by atoms with E-state index in [4.69, 9.17) is 9.84 Å². The summed E-state index contributed by atoms with van der Waals surface area (Å²) < 4.78 is 5.49. The number of carbonyl (C=O) groups is 1. The summed E-state index contributed by atoms with van der Waals surface area (Å²) in [6.07, 6.45) is 0.818. The Balaban J connectivity index is 2.45. The first-order valence-electron chi connectivity index (χ1n) is 7.21. The van der Waals surface area contributed by atoms with Gasteiger partial charge in [0, 0.05) is 19.1 Å². The van der Waals surface area contributed by atoms with Crippen molar-refractivity contribution in [2.24, 2.45) is 5.92 Å². The first-order chi connectivity index (χ1) is 8.95. The largest absolute Gasteiger partial charge is 0.394 e. The molecule has 0 saturated carbocycles. The van der Waals surface area contributed by atoms with Gasteiger partial charge in [-0.05, 0) is 26.2 Å².